The fourth-order valence-corrected chi connectivity index (χ4v) is 2.78. The SMILES string of the molecule is CCC(C)N1C(N)=NCC1(C)c1ccc(O)c(OC)c1. The normalized spacial score (nSPS) is 23.6. The molecule has 5 heteroatoms. The summed E-state index contributed by atoms with van der Waals surface area (Å²) in [6, 6.07) is 5.72. The van der Waals surface area contributed by atoms with E-state index >= 15 is 0 Å². The molecule has 0 aromatic heterocycles. The van der Waals surface area contributed by atoms with E-state index in [4.69, 9.17) is 10.5 Å². The lowest BCUT2D eigenvalue weighted by Gasteiger charge is -2.40. The van der Waals surface area contributed by atoms with Crippen molar-refractivity contribution in [3.63, 3.8) is 0 Å². The molecule has 1 aliphatic rings. The van der Waals surface area contributed by atoms with Crippen molar-refractivity contribution >= 4 is 5.96 Å². The van der Waals surface area contributed by atoms with Crippen LogP contribution in [0.25, 0.3) is 0 Å². The molecule has 1 heterocycles. The summed E-state index contributed by atoms with van der Waals surface area (Å²) < 4.78 is 5.20. The molecule has 1 aromatic carbocycles. The Morgan fingerprint density at radius 2 is 2.25 bits per heavy atom. The van der Waals surface area contributed by atoms with Crippen molar-refractivity contribution in [2.24, 2.45) is 10.7 Å². The van der Waals surface area contributed by atoms with E-state index in [1.54, 1.807) is 13.2 Å². The van der Waals surface area contributed by atoms with Crippen molar-refractivity contribution in [3.05, 3.63) is 23.8 Å². The second-order valence-corrected chi connectivity index (χ2v) is 5.46. The van der Waals surface area contributed by atoms with Crippen LogP contribution in [0.2, 0.25) is 0 Å². The van der Waals surface area contributed by atoms with Crippen LogP contribution in [0.4, 0.5) is 0 Å². The molecule has 1 aromatic rings. The maximum absolute atomic E-state index is 9.74. The van der Waals surface area contributed by atoms with Gasteiger partial charge in [-0.15, -0.1) is 0 Å². The van der Waals surface area contributed by atoms with Gasteiger partial charge in [0, 0.05) is 6.04 Å². The number of aromatic hydroxyl groups is 1. The van der Waals surface area contributed by atoms with Gasteiger partial charge in [0.25, 0.3) is 0 Å². The molecule has 0 spiro atoms. The number of nitrogens with zero attached hydrogens (tertiary/aromatic N) is 2. The molecule has 3 N–H and O–H groups in total. The number of methoxy groups -OCH3 is 1. The average Bonchev–Trinajstić information content (AvgIpc) is 2.75. The quantitative estimate of drug-likeness (QED) is 0.883. The second kappa shape index (κ2) is 5.23. The molecule has 1 aliphatic heterocycles. The highest BCUT2D eigenvalue weighted by Crippen LogP contribution is 2.38. The Hall–Kier alpha value is -1.91. The maximum Gasteiger partial charge on any atom is 0.192 e. The molecule has 110 valence electrons. The number of phenolic OH excluding ortho intramolecular Hbond substituents is 1. The first-order valence-corrected chi connectivity index (χ1v) is 6.90. The van der Waals surface area contributed by atoms with Crippen LogP contribution in [0, 0.1) is 0 Å². The summed E-state index contributed by atoms with van der Waals surface area (Å²) in [5.74, 6) is 1.19. The molecule has 0 fully saturated rings. The summed E-state index contributed by atoms with van der Waals surface area (Å²) in [6.45, 7) is 7.00. The molecule has 2 atom stereocenters. The number of hydrogen-bond acceptors (Lipinski definition) is 5. The Morgan fingerprint density at radius 3 is 2.85 bits per heavy atom. The van der Waals surface area contributed by atoms with Gasteiger partial charge >= 0.3 is 0 Å². The minimum absolute atomic E-state index is 0.141. The largest absolute Gasteiger partial charge is 0.504 e. The highest BCUT2D eigenvalue weighted by Gasteiger charge is 2.41. The van der Waals surface area contributed by atoms with Gasteiger partial charge in [-0.2, -0.15) is 0 Å². The number of hydrogen-bond donors (Lipinski definition) is 2. The summed E-state index contributed by atoms with van der Waals surface area (Å²) in [5.41, 5.74) is 6.80. The molecule has 0 saturated heterocycles. The number of rotatable bonds is 4. The Labute approximate surface area is 120 Å². The van der Waals surface area contributed by atoms with Gasteiger partial charge in [0.2, 0.25) is 0 Å². The van der Waals surface area contributed by atoms with Crippen LogP contribution in [0.15, 0.2) is 23.2 Å². The van der Waals surface area contributed by atoms with E-state index in [1.807, 2.05) is 12.1 Å². The molecule has 2 unspecified atom stereocenters. The van der Waals surface area contributed by atoms with Gasteiger partial charge in [0.1, 0.15) is 0 Å². The standard InChI is InChI=1S/C15H23N3O2/c1-5-10(2)18-14(16)17-9-15(18,3)11-6-7-12(19)13(8-11)20-4/h6-8,10,19H,5,9H2,1-4H3,(H2,16,17). The smallest absolute Gasteiger partial charge is 0.192 e. The van der Waals surface area contributed by atoms with Crippen molar-refractivity contribution < 1.29 is 9.84 Å². The van der Waals surface area contributed by atoms with Crippen LogP contribution in [-0.2, 0) is 5.54 Å². The van der Waals surface area contributed by atoms with Crippen LogP contribution in [-0.4, -0.2) is 35.7 Å². The number of nitrogens with two attached hydrogens (primary N) is 1. The van der Waals surface area contributed by atoms with Crippen LogP contribution >= 0.6 is 0 Å². The molecular formula is C15H23N3O2. The van der Waals surface area contributed by atoms with Crippen LogP contribution in [0.1, 0.15) is 32.8 Å². The fourth-order valence-electron chi connectivity index (χ4n) is 2.78. The van der Waals surface area contributed by atoms with Gasteiger partial charge in [-0.25, -0.2) is 0 Å². The number of ether oxygens (including phenoxy) is 1. The zero-order valence-electron chi connectivity index (χ0n) is 12.6. The monoisotopic (exact) mass is 277 g/mol. The number of aliphatic imine (C=N–C) groups is 1. The molecule has 0 bridgehead atoms. The van der Waals surface area contributed by atoms with E-state index in [0.29, 0.717) is 24.3 Å². The highest BCUT2D eigenvalue weighted by atomic mass is 16.5. The Bertz CT molecular complexity index is 530. The van der Waals surface area contributed by atoms with E-state index in [0.717, 1.165) is 12.0 Å². The number of guanidine groups is 1. The Balaban J connectivity index is 2.44. The van der Waals surface area contributed by atoms with Crippen LogP contribution < -0.4 is 10.5 Å². The lowest BCUT2D eigenvalue weighted by atomic mass is 9.89. The van der Waals surface area contributed by atoms with Gasteiger partial charge in [-0.05, 0) is 38.0 Å². The average molecular weight is 277 g/mol. The maximum atomic E-state index is 9.74. The molecule has 20 heavy (non-hydrogen) atoms. The minimum atomic E-state index is -0.305. The van der Waals surface area contributed by atoms with E-state index in [2.05, 4.69) is 30.7 Å². The first-order valence-electron chi connectivity index (χ1n) is 6.90. The van der Waals surface area contributed by atoms with E-state index < -0.39 is 0 Å². The second-order valence-electron chi connectivity index (χ2n) is 5.46. The number of benzene rings is 1. The van der Waals surface area contributed by atoms with Crippen molar-refractivity contribution in [1.82, 2.24) is 4.90 Å². The van der Waals surface area contributed by atoms with Crippen LogP contribution in [0.5, 0.6) is 11.5 Å². The first kappa shape index (κ1) is 14.5. The summed E-state index contributed by atoms with van der Waals surface area (Å²) in [4.78, 5) is 6.56. The number of phenols is 1. The Morgan fingerprint density at radius 1 is 1.55 bits per heavy atom. The third kappa shape index (κ3) is 2.17. The predicted octanol–water partition coefficient (Wildman–Crippen LogP) is 2.04. The third-order valence-electron chi connectivity index (χ3n) is 4.16. The molecule has 0 radical (unpaired) electrons. The zero-order valence-corrected chi connectivity index (χ0v) is 12.6. The summed E-state index contributed by atoms with van der Waals surface area (Å²) >= 11 is 0. The van der Waals surface area contributed by atoms with E-state index in [-0.39, 0.29) is 11.3 Å². The molecule has 0 amide bonds. The van der Waals surface area contributed by atoms with Gasteiger partial charge in [-0.3, -0.25) is 4.99 Å². The van der Waals surface area contributed by atoms with E-state index in [9.17, 15) is 5.11 Å². The van der Waals surface area contributed by atoms with E-state index in [1.165, 1.54) is 0 Å². The highest BCUT2D eigenvalue weighted by molar-refractivity contribution is 5.81. The van der Waals surface area contributed by atoms with Crippen molar-refractivity contribution in [2.45, 2.75) is 38.8 Å². The first-order chi connectivity index (χ1) is 9.43. The minimum Gasteiger partial charge on any atom is -0.504 e. The van der Waals surface area contributed by atoms with Gasteiger partial charge in [0.15, 0.2) is 17.5 Å². The topological polar surface area (TPSA) is 71.1 Å². The van der Waals surface area contributed by atoms with Crippen LogP contribution in [0.3, 0.4) is 0 Å². The zero-order chi connectivity index (χ0) is 14.9. The fraction of sp³-hybridized carbons (Fsp3) is 0.533. The molecule has 2 rings (SSSR count). The third-order valence-corrected chi connectivity index (χ3v) is 4.16. The lowest BCUT2D eigenvalue weighted by Crippen LogP contribution is -2.51. The van der Waals surface area contributed by atoms with Gasteiger partial charge in [-0.1, -0.05) is 13.0 Å². The van der Waals surface area contributed by atoms with Crippen molar-refractivity contribution in [3.8, 4) is 11.5 Å². The Kier molecular flexibility index (Phi) is 3.79. The van der Waals surface area contributed by atoms with Crippen molar-refractivity contribution in [1.29, 1.82) is 0 Å². The summed E-state index contributed by atoms with van der Waals surface area (Å²) in [7, 11) is 1.55. The molecule has 5 nitrogen and oxygen atoms in total. The van der Waals surface area contributed by atoms with Crippen molar-refractivity contribution in [2.75, 3.05) is 13.7 Å². The molecular weight excluding hydrogens is 254 g/mol. The predicted molar refractivity (Wildman–Crippen MR) is 80.1 cm³/mol. The summed E-state index contributed by atoms with van der Waals surface area (Å²) in [5, 5.41) is 9.74. The molecule has 0 aliphatic carbocycles. The molecule has 0 saturated carbocycles. The van der Waals surface area contributed by atoms with Gasteiger partial charge < -0.3 is 20.5 Å². The lowest BCUT2D eigenvalue weighted by molar-refractivity contribution is 0.171. The van der Waals surface area contributed by atoms with Gasteiger partial charge in [0.05, 0.1) is 19.2 Å². The summed E-state index contributed by atoms with van der Waals surface area (Å²) in [6.07, 6.45) is 0.987.